The average Bonchev–Trinajstić information content (AvgIpc) is 2.37. The van der Waals surface area contributed by atoms with Crippen molar-refractivity contribution in [3.8, 4) is 0 Å². The molecule has 4 N–H and O–H groups in total. The number of nitrogens with one attached hydrogen (secondary N) is 1. The fraction of sp³-hybridized carbons (Fsp3) is 0.923. The molecule has 4 nitrogen and oxygen atoms in total. The summed E-state index contributed by atoms with van der Waals surface area (Å²) in [4.78, 5) is 11.9. The maximum Gasteiger partial charge on any atom is 0.220 e. The van der Waals surface area contributed by atoms with Gasteiger partial charge in [-0.25, -0.2) is 0 Å². The summed E-state index contributed by atoms with van der Waals surface area (Å²) in [6, 6.07) is -0.110. The molecule has 1 saturated carbocycles. The number of aliphatic hydroxyl groups is 1. The Hall–Kier alpha value is -0.610. The van der Waals surface area contributed by atoms with Crippen LogP contribution in [0.3, 0.4) is 0 Å². The van der Waals surface area contributed by atoms with Crippen molar-refractivity contribution >= 4 is 5.91 Å². The van der Waals surface area contributed by atoms with Crippen LogP contribution in [0.15, 0.2) is 0 Å². The van der Waals surface area contributed by atoms with Gasteiger partial charge in [-0.05, 0) is 31.2 Å². The molecule has 17 heavy (non-hydrogen) atoms. The van der Waals surface area contributed by atoms with E-state index in [1.807, 2.05) is 6.92 Å². The fourth-order valence-corrected chi connectivity index (χ4v) is 2.65. The topological polar surface area (TPSA) is 75.3 Å². The molecule has 1 rings (SSSR count). The van der Waals surface area contributed by atoms with Gasteiger partial charge in [-0.2, -0.15) is 0 Å². The molecule has 0 spiro atoms. The molecule has 0 aromatic heterocycles. The molecule has 0 aliphatic heterocycles. The highest BCUT2D eigenvalue weighted by atomic mass is 16.3. The highest BCUT2D eigenvalue weighted by Crippen LogP contribution is 2.38. The lowest BCUT2D eigenvalue weighted by Crippen LogP contribution is -2.42. The molecule has 1 amide bonds. The van der Waals surface area contributed by atoms with E-state index in [4.69, 9.17) is 10.8 Å². The Morgan fingerprint density at radius 1 is 1.41 bits per heavy atom. The minimum atomic E-state index is -0.110. The fourth-order valence-electron chi connectivity index (χ4n) is 2.65. The van der Waals surface area contributed by atoms with Crippen molar-refractivity contribution in [3.63, 3.8) is 0 Å². The Balaban J connectivity index is 2.47. The zero-order valence-electron chi connectivity index (χ0n) is 10.9. The van der Waals surface area contributed by atoms with Crippen molar-refractivity contribution in [2.75, 3.05) is 13.2 Å². The maximum atomic E-state index is 11.9. The Bertz CT molecular complexity index is 234. The van der Waals surface area contributed by atoms with Gasteiger partial charge in [0.15, 0.2) is 0 Å². The van der Waals surface area contributed by atoms with E-state index >= 15 is 0 Å². The Kier molecular flexibility index (Phi) is 5.92. The zero-order chi connectivity index (χ0) is 12.7. The van der Waals surface area contributed by atoms with Crippen molar-refractivity contribution in [1.82, 2.24) is 5.32 Å². The molecular weight excluding hydrogens is 216 g/mol. The summed E-state index contributed by atoms with van der Waals surface area (Å²) in [6.07, 6.45) is 7.03. The van der Waals surface area contributed by atoms with Crippen LogP contribution >= 0.6 is 0 Å². The third kappa shape index (κ3) is 4.28. The van der Waals surface area contributed by atoms with E-state index in [2.05, 4.69) is 5.32 Å². The van der Waals surface area contributed by atoms with Crippen molar-refractivity contribution < 1.29 is 9.90 Å². The van der Waals surface area contributed by atoms with Gasteiger partial charge in [0.2, 0.25) is 5.91 Å². The highest BCUT2D eigenvalue weighted by Gasteiger charge is 2.33. The molecular formula is C13H26N2O2. The quantitative estimate of drug-likeness (QED) is 0.654. The van der Waals surface area contributed by atoms with Crippen molar-refractivity contribution in [1.29, 1.82) is 0 Å². The molecule has 0 bridgehead atoms. The summed E-state index contributed by atoms with van der Waals surface area (Å²) in [5.74, 6) is 0.0400. The molecule has 4 heteroatoms. The van der Waals surface area contributed by atoms with Crippen LogP contribution in [0.2, 0.25) is 0 Å². The number of carbonyl (C=O) groups is 1. The largest absolute Gasteiger partial charge is 0.394 e. The van der Waals surface area contributed by atoms with Crippen LogP contribution in [0.1, 0.15) is 51.9 Å². The second-order valence-corrected chi connectivity index (χ2v) is 5.30. The number of hydrogen-bond donors (Lipinski definition) is 3. The summed E-state index contributed by atoms with van der Waals surface area (Å²) in [7, 11) is 0. The zero-order valence-corrected chi connectivity index (χ0v) is 10.9. The second kappa shape index (κ2) is 6.97. The Morgan fingerprint density at radius 3 is 2.53 bits per heavy atom. The summed E-state index contributed by atoms with van der Waals surface area (Å²) >= 11 is 0. The van der Waals surface area contributed by atoms with Gasteiger partial charge in [0.05, 0.1) is 12.6 Å². The van der Waals surface area contributed by atoms with E-state index in [0.717, 1.165) is 19.3 Å². The third-order valence-corrected chi connectivity index (χ3v) is 3.96. The summed E-state index contributed by atoms with van der Waals surface area (Å²) in [5, 5.41) is 11.9. The van der Waals surface area contributed by atoms with Crippen molar-refractivity contribution in [2.24, 2.45) is 11.1 Å². The lowest BCUT2D eigenvalue weighted by Gasteiger charge is -2.36. The standard InChI is InChI=1S/C13H26N2O2/c1-2-11(9-16)15-12(17)8-13(10-14)6-4-3-5-7-13/h11,16H,2-10,14H2,1H3,(H,15,17). The number of nitrogens with two attached hydrogens (primary N) is 1. The number of rotatable bonds is 6. The van der Waals surface area contributed by atoms with Crippen LogP contribution < -0.4 is 11.1 Å². The molecule has 0 aromatic rings. The van der Waals surface area contributed by atoms with Crippen LogP contribution in [-0.2, 0) is 4.79 Å². The van der Waals surface area contributed by atoms with E-state index in [1.54, 1.807) is 0 Å². The van der Waals surface area contributed by atoms with Gasteiger partial charge < -0.3 is 16.2 Å². The minimum absolute atomic E-state index is 0.0100. The minimum Gasteiger partial charge on any atom is -0.394 e. The molecule has 1 fully saturated rings. The Labute approximate surface area is 104 Å². The van der Waals surface area contributed by atoms with Gasteiger partial charge in [-0.15, -0.1) is 0 Å². The predicted octanol–water partition coefficient (Wildman–Crippen LogP) is 1.17. The van der Waals surface area contributed by atoms with Gasteiger partial charge in [0.1, 0.15) is 0 Å². The van der Waals surface area contributed by atoms with Gasteiger partial charge >= 0.3 is 0 Å². The lowest BCUT2D eigenvalue weighted by molar-refractivity contribution is -0.124. The SMILES string of the molecule is CCC(CO)NC(=O)CC1(CN)CCCCC1. The summed E-state index contributed by atoms with van der Waals surface area (Å²) in [5.41, 5.74) is 5.86. The third-order valence-electron chi connectivity index (χ3n) is 3.96. The normalized spacial score (nSPS) is 20.9. The predicted molar refractivity (Wildman–Crippen MR) is 68.5 cm³/mol. The van der Waals surface area contributed by atoms with E-state index in [-0.39, 0.29) is 24.0 Å². The first-order valence-electron chi connectivity index (χ1n) is 6.76. The van der Waals surface area contributed by atoms with Crippen molar-refractivity contribution in [3.05, 3.63) is 0 Å². The molecule has 1 atom stereocenters. The summed E-state index contributed by atoms with van der Waals surface area (Å²) < 4.78 is 0. The van der Waals surface area contributed by atoms with Crippen molar-refractivity contribution in [2.45, 2.75) is 57.9 Å². The van der Waals surface area contributed by atoms with E-state index in [9.17, 15) is 4.79 Å². The van der Waals surface area contributed by atoms with Gasteiger partial charge in [0.25, 0.3) is 0 Å². The van der Waals surface area contributed by atoms with E-state index in [0.29, 0.717) is 13.0 Å². The number of hydrogen-bond acceptors (Lipinski definition) is 3. The lowest BCUT2D eigenvalue weighted by atomic mass is 9.71. The monoisotopic (exact) mass is 242 g/mol. The van der Waals surface area contributed by atoms with Crippen LogP contribution in [0, 0.1) is 5.41 Å². The molecule has 1 aliphatic carbocycles. The van der Waals surface area contributed by atoms with Crippen LogP contribution in [0.5, 0.6) is 0 Å². The average molecular weight is 242 g/mol. The first kappa shape index (κ1) is 14.5. The molecule has 1 aliphatic rings. The number of carbonyl (C=O) groups excluding carboxylic acids is 1. The summed E-state index contributed by atoms with van der Waals surface area (Å²) in [6.45, 7) is 2.56. The van der Waals surface area contributed by atoms with E-state index in [1.165, 1.54) is 19.3 Å². The molecule has 0 aromatic carbocycles. The first-order chi connectivity index (χ1) is 8.15. The molecule has 0 saturated heterocycles. The van der Waals surface area contributed by atoms with Gasteiger partial charge in [-0.3, -0.25) is 4.79 Å². The van der Waals surface area contributed by atoms with E-state index < -0.39 is 0 Å². The maximum absolute atomic E-state index is 11.9. The Morgan fingerprint density at radius 2 is 2.06 bits per heavy atom. The number of amides is 1. The van der Waals surface area contributed by atoms with Crippen LogP contribution in [0.25, 0.3) is 0 Å². The van der Waals surface area contributed by atoms with Crippen LogP contribution in [0.4, 0.5) is 0 Å². The second-order valence-electron chi connectivity index (χ2n) is 5.30. The van der Waals surface area contributed by atoms with Gasteiger partial charge in [0, 0.05) is 6.42 Å². The highest BCUT2D eigenvalue weighted by molar-refractivity contribution is 5.77. The molecule has 100 valence electrons. The molecule has 0 radical (unpaired) electrons. The number of aliphatic hydroxyl groups excluding tert-OH is 1. The first-order valence-corrected chi connectivity index (χ1v) is 6.76. The smallest absolute Gasteiger partial charge is 0.220 e. The van der Waals surface area contributed by atoms with Gasteiger partial charge in [-0.1, -0.05) is 26.2 Å². The molecule has 1 unspecified atom stereocenters. The molecule has 0 heterocycles. The van der Waals surface area contributed by atoms with Crippen LogP contribution in [-0.4, -0.2) is 30.2 Å².